The third-order valence-corrected chi connectivity index (χ3v) is 8.30. The number of ether oxygens (including phenoxy) is 1. The molecule has 42 heavy (non-hydrogen) atoms. The van der Waals surface area contributed by atoms with Gasteiger partial charge in [0.1, 0.15) is 5.60 Å². The molecule has 11 heteroatoms. The van der Waals surface area contributed by atoms with Crippen LogP contribution in [0.4, 0.5) is 10.7 Å². The Balaban J connectivity index is 1.42. The molecule has 0 unspecified atom stereocenters. The average molecular weight is 578 g/mol. The lowest BCUT2D eigenvalue weighted by atomic mass is 9.95. The summed E-state index contributed by atoms with van der Waals surface area (Å²) in [5, 5.41) is 15.8. The van der Waals surface area contributed by atoms with Gasteiger partial charge in [-0.05, 0) is 58.4 Å². The van der Waals surface area contributed by atoms with E-state index in [0.29, 0.717) is 24.7 Å². The Morgan fingerprint density at radius 1 is 1.05 bits per heavy atom. The third-order valence-electron chi connectivity index (χ3n) is 8.30. The van der Waals surface area contributed by atoms with Crippen molar-refractivity contribution in [1.82, 2.24) is 29.6 Å². The lowest BCUT2D eigenvalue weighted by Crippen LogP contribution is -2.47. The van der Waals surface area contributed by atoms with Crippen LogP contribution in [0.15, 0.2) is 18.5 Å². The molecule has 0 bridgehead atoms. The number of carboxylic acid groups (broad SMARTS) is 1. The number of pyridine rings is 1. The molecule has 0 aromatic carbocycles. The predicted molar refractivity (Wildman–Crippen MR) is 161 cm³/mol. The molecule has 226 valence electrons. The third kappa shape index (κ3) is 6.19. The number of likely N-dealkylation sites (tertiary alicyclic amines) is 1. The van der Waals surface area contributed by atoms with Crippen molar-refractivity contribution in [2.75, 3.05) is 25.0 Å². The summed E-state index contributed by atoms with van der Waals surface area (Å²) in [7, 11) is 1.97. The summed E-state index contributed by atoms with van der Waals surface area (Å²) in [4.78, 5) is 42.4. The van der Waals surface area contributed by atoms with Crippen LogP contribution in [0.5, 0.6) is 0 Å². The Labute approximate surface area is 247 Å². The number of carbonyl (C=O) groups excluding carboxylic acids is 1. The van der Waals surface area contributed by atoms with E-state index in [9.17, 15) is 14.7 Å². The summed E-state index contributed by atoms with van der Waals surface area (Å²) < 4.78 is 7.51. The van der Waals surface area contributed by atoms with E-state index in [2.05, 4.69) is 23.7 Å². The fourth-order valence-electron chi connectivity index (χ4n) is 6.05. The number of nitrogens with zero attached hydrogens (tertiary/aromatic N) is 7. The molecule has 4 heterocycles. The Bertz CT molecular complexity index is 1430. The second-order valence-corrected chi connectivity index (χ2v) is 12.9. The first kappa shape index (κ1) is 29.7. The number of anilines is 1. The van der Waals surface area contributed by atoms with Crippen LogP contribution in [-0.4, -0.2) is 78.6 Å². The lowest BCUT2D eigenvalue weighted by Gasteiger charge is -2.37. The van der Waals surface area contributed by atoms with Crippen LogP contribution in [0.2, 0.25) is 0 Å². The van der Waals surface area contributed by atoms with Gasteiger partial charge in [-0.3, -0.25) is 0 Å². The molecule has 1 amide bonds. The number of hydrogen-bond donors (Lipinski definition) is 1. The van der Waals surface area contributed by atoms with Crippen LogP contribution in [0, 0.1) is 0 Å². The number of rotatable bonds is 6. The van der Waals surface area contributed by atoms with Gasteiger partial charge in [-0.1, -0.05) is 33.1 Å². The van der Waals surface area contributed by atoms with Gasteiger partial charge in [0, 0.05) is 49.7 Å². The molecule has 0 spiro atoms. The van der Waals surface area contributed by atoms with E-state index in [1.807, 2.05) is 32.5 Å². The first-order chi connectivity index (χ1) is 19.9. The van der Waals surface area contributed by atoms with Gasteiger partial charge in [-0.2, -0.15) is 5.10 Å². The molecule has 3 aromatic heterocycles. The van der Waals surface area contributed by atoms with Gasteiger partial charge in [0.2, 0.25) is 5.95 Å². The van der Waals surface area contributed by atoms with Crippen molar-refractivity contribution in [1.29, 1.82) is 0 Å². The molecular formula is C31H43N7O4. The molecule has 2 fully saturated rings. The van der Waals surface area contributed by atoms with Crippen molar-refractivity contribution in [3.63, 3.8) is 0 Å². The number of fused-ring (bicyclic) bond motifs is 1. The number of carbonyl (C=O) groups is 2. The monoisotopic (exact) mass is 577 g/mol. The average Bonchev–Trinajstić information content (AvgIpc) is 3.36. The van der Waals surface area contributed by atoms with Crippen molar-refractivity contribution < 1.29 is 19.4 Å². The van der Waals surface area contributed by atoms with Crippen LogP contribution in [-0.2, 0) is 4.74 Å². The largest absolute Gasteiger partial charge is 0.477 e. The van der Waals surface area contributed by atoms with Crippen LogP contribution >= 0.6 is 0 Å². The molecule has 0 radical (unpaired) electrons. The molecule has 3 aromatic rings. The normalized spacial score (nSPS) is 17.2. The van der Waals surface area contributed by atoms with Crippen molar-refractivity contribution in [3.8, 4) is 11.1 Å². The molecule has 1 aliphatic carbocycles. The molecule has 1 saturated carbocycles. The number of aromatic carboxylic acids is 1. The van der Waals surface area contributed by atoms with Crippen LogP contribution in [0.1, 0.15) is 108 Å². The van der Waals surface area contributed by atoms with Crippen molar-refractivity contribution in [3.05, 3.63) is 29.8 Å². The Morgan fingerprint density at radius 3 is 2.26 bits per heavy atom. The molecular weight excluding hydrogens is 534 g/mol. The number of piperidine rings is 1. The molecule has 5 rings (SSSR count). The molecule has 2 aliphatic rings. The van der Waals surface area contributed by atoms with Gasteiger partial charge < -0.3 is 19.6 Å². The van der Waals surface area contributed by atoms with Gasteiger partial charge in [-0.25, -0.2) is 29.2 Å². The standard InChI is InChI=1S/C31H43N7O4/c1-19(2)26-25-23(16-24(28(39)40)34-27(25)38(35-26)22-10-8-7-9-11-22)20-17-32-29(33-18-20)36(6)21-12-14-37(15-13-21)30(41)42-31(3,4)5/h16-19,21-22H,7-15H2,1-6H3,(H,39,40). The van der Waals surface area contributed by atoms with Crippen LogP contribution in [0.25, 0.3) is 22.2 Å². The van der Waals surface area contributed by atoms with E-state index >= 15 is 0 Å². The zero-order valence-electron chi connectivity index (χ0n) is 25.6. The van der Waals surface area contributed by atoms with Gasteiger partial charge in [0.25, 0.3) is 0 Å². The molecule has 0 atom stereocenters. The van der Waals surface area contributed by atoms with E-state index in [1.165, 1.54) is 6.42 Å². The molecule has 1 N–H and O–H groups in total. The van der Waals surface area contributed by atoms with E-state index in [0.717, 1.165) is 60.7 Å². The number of amides is 1. The van der Waals surface area contributed by atoms with E-state index < -0.39 is 11.6 Å². The number of hydrogen-bond acceptors (Lipinski definition) is 8. The Hall–Kier alpha value is -3.76. The summed E-state index contributed by atoms with van der Waals surface area (Å²) in [5.74, 6) is -0.359. The Morgan fingerprint density at radius 2 is 1.69 bits per heavy atom. The fourth-order valence-corrected chi connectivity index (χ4v) is 6.05. The summed E-state index contributed by atoms with van der Waals surface area (Å²) in [5.41, 5.74) is 2.47. The van der Waals surface area contributed by atoms with Gasteiger partial charge >= 0.3 is 12.1 Å². The fraction of sp³-hybridized carbons (Fsp3) is 0.613. The van der Waals surface area contributed by atoms with E-state index in [1.54, 1.807) is 23.4 Å². The zero-order chi connectivity index (χ0) is 30.2. The predicted octanol–water partition coefficient (Wildman–Crippen LogP) is 6.05. The second-order valence-electron chi connectivity index (χ2n) is 12.9. The Kier molecular flexibility index (Phi) is 8.39. The highest BCUT2D eigenvalue weighted by Gasteiger charge is 2.30. The maximum absolute atomic E-state index is 12.5. The summed E-state index contributed by atoms with van der Waals surface area (Å²) in [6.45, 7) is 11.0. The maximum atomic E-state index is 12.5. The molecule has 11 nitrogen and oxygen atoms in total. The minimum atomic E-state index is -1.07. The second kappa shape index (κ2) is 11.9. The van der Waals surface area contributed by atoms with Crippen molar-refractivity contribution in [2.45, 2.75) is 103 Å². The molecule has 1 aliphatic heterocycles. The van der Waals surface area contributed by atoms with Crippen molar-refractivity contribution in [2.24, 2.45) is 0 Å². The van der Waals surface area contributed by atoms with E-state index in [4.69, 9.17) is 19.8 Å². The summed E-state index contributed by atoms with van der Waals surface area (Å²) >= 11 is 0. The quantitative estimate of drug-likeness (QED) is 0.372. The van der Waals surface area contributed by atoms with E-state index in [-0.39, 0.29) is 29.8 Å². The summed E-state index contributed by atoms with van der Waals surface area (Å²) in [6, 6.07) is 2.02. The minimum absolute atomic E-state index is 0.0114. The highest BCUT2D eigenvalue weighted by molar-refractivity contribution is 5.99. The first-order valence-corrected chi connectivity index (χ1v) is 15.1. The minimum Gasteiger partial charge on any atom is -0.477 e. The highest BCUT2D eigenvalue weighted by Crippen LogP contribution is 2.38. The van der Waals surface area contributed by atoms with Crippen LogP contribution in [0.3, 0.4) is 0 Å². The van der Waals surface area contributed by atoms with Gasteiger partial charge in [0.05, 0.1) is 17.1 Å². The van der Waals surface area contributed by atoms with Crippen molar-refractivity contribution >= 4 is 29.0 Å². The first-order valence-electron chi connectivity index (χ1n) is 15.1. The maximum Gasteiger partial charge on any atom is 0.410 e. The van der Waals surface area contributed by atoms with Gasteiger partial charge in [0.15, 0.2) is 11.3 Å². The van der Waals surface area contributed by atoms with Gasteiger partial charge in [-0.15, -0.1) is 0 Å². The summed E-state index contributed by atoms with van der Waals surface area (Å²) in [6.07, 6.45) is 10.3. The lowest BCUT2D eigenvalue weighted by molar-refractivity contribution is 0.0205. The highest BCUT2D eigenvalue weighted by atomic mass is 16.6. The topological polar surface area (TPSA) is 127 Å². The SMILES string of the molecule is CC(C)c1nn(C2CCCCC2)c2nc(C(=O)O)cc(-c3cnc(N(C)C4CCN(C(=O)OC(C)(C)C)CC4)nc3)c12. The molecule has 1 saturated heterocycles. The zero-order valence-corrected chi connectivity index (χ0v) is 25.6. The number of carboxylic acids is 1. The smallest absolute Gasteiger partial charge is 0.410 e. The number of aromatic nitrogens is 5. The van der Waals surface area contributed by atoms with Crippen LogP contribution < -0.4 is 4.90 Å².